The number of benzene rings is 2. The highest BCUT2D eigenvalue weighted by Crippen LogP contribution is 2.40. The van der Waals surface area contributed by atoms with Gasteiger partial charge in [-0.25, -0.2) is 0 Å². The molecule has 0 bridgehead atoms. The van der Waals surface area contributed by atoms with Gasteiger partial charge >= 0.3 is 0 Å². The van der Waals surface area contributed by atoms with Gasteiger partial charge in [0, 0.05) is 0 Å². The van der Waals surface area contributed by atoms with Gasteiger partial charge in [0.05, 0.1) is 5.92 Å². The highest BCUT2D eigenvalue weighted by Gasteiger charge is 2.23. The van der Waals surface area contributed by atoms with Crippen LogP contribution >= 0.6 is 0 Å². The van der Waals surface area contributed by atoms with Gasteiger partial charge in [-0.15, -0.1) is 0 Å². The van der Waals surface area contributed by atoms with Crippen LogP contribution in [0.25, 0.3) is 17.2 Å². The molecule has 3 aromatic rings. The zero-order valence-electron chi connectivity index (χ0n) is 15.1. The Balaban J connectivity index is 1.72. The van der Waals surface area contributed by atoms with Gasteiger partial charge in [0.1, 0.15) is 11.5 Å². The number of fused-ring (bicyclic) bond motifs is 1. The summed E-state index contributed by atoms with van der Waals surface area (Å²) in [5, 5.41) is 0. The normalized spacial score (nSPS) is 16.8. The first-order valence-electron chi connectivity index (χ1n) is 9.15. The molecule has 2 atom stereocenters. The van der Waals surface area contributed by atoms with E-state index >= 15 is 0 Å². The summed E-state index contributed by atoms with van der Waals surface area (Å²) in [6.45, 7) is 6.52. The highest BCUT2D eigenvalue weighted by molar-refractivity contribution is 5.81. The van der Waals surface area contributed by atoms with Crippen molar-refractivity contribution in [3.05, 3.63) is 88.9 Å². The summed E-state index contributed by atoms with van der Waals surface area (Å²) in [6.07, 6.45) is 5.67. The number of hydrogen-bond acceptors (Lipinski definition) is 1. The molecule has 1 aromatic heterocycles. The molecule has 1 nitrogen and oxygen atoms in total. The van der Waals surface area contributed by atoms with Crippen LogP contribution in [0, 0.1) is 6.92 Å². The Labute approximate surface area is 150 Å². The average Bonchev–Trinajstić information content (AvgIpc) is 3.27. The summed E-state index contributed by atoms with van der Waals surface area (Å²) in [7, 11) is 0. The van der Waals surface area contributed by atoms with Crippen molar-refractivity contribution < 1.29 is 4.42 Å². The lowest BCUT2D eigenvalue weighted by Crippen LogP contribution is -1.95. The third-order valence-electron chi connectivity index (χ3n) is 5.40. The minimum atomic E-state index is 0.225. The maximum Gasteiger partial charge on any atom is 0.115 e. The van der Waals surface area contributed by atoms with Crippen molar-refractivity contribution in [3.8, 4) is 11.1 Å². The summed E-state index contributed by atoms with van der Waals surface area (Å²) in [4.78, 5) is 0. The molecule has 0 amide bonds. The molecule has 1 aliphatic carbocycles. The molecule has 1 heteroatoms. The van der Waals surface area contributed by atoms with Crippen LogP contribution in [-0.2, 0) is 0 Å². The van der Waals surface area contributed by atoms with Gasteiger partial charge < -0.3 is 4.42 Å². The van der Waals surface area contributed by atoms with Crippen LogP contribution in [0.15, 0.2) is 65.1 Å². The first kappa shape index (κ1) is 16.0. The maximum atomic E-state index is 5.87. The maximum absolute atomic E-state index is 5.87. The van der Waals surface area contributed by atoms with Crippen molar-refractivity contribution in [2.75, 3.05) is 0 Å². The van der Waals surface area contributed by atoms with Crippen LogP contribution in [-0.4, -0.2) is 0 Å². The summed E-state index contributed by atoms with van der Waals surface area (Å²) in [5.74, 6) is 2.83. The van der Waals surface area contributed by atoms with Gasteiger partial charge in [-0.3, -0.25) is 0 Å². The molecule has 25 heavy (non-hydrogen) atoms. The largest absolute Gasteiger partial charge is 0.465 e. The third-order valence-corrected chi connectivity index (χ3v) is 5.40. The van der Waals surface area contributed by atoms with Gasteiger partial charge in [0.2, 0.25) is 0 Å². The van der Waals surface area contributed by atoms with Crippen LogP contribution in [0.3, 0.4) is 0 Å². The number of furan rings is 1. The molecule has 1 heterocycles. The molecule has 0 N–H and O–H groups in total. The van der Waals surface area contributed by atoms with E-state index in [4.69, 9.17) is 4.42 Å². The van der Waals surface area contributed by atoms with Crippen molar-refractivity contribution in [1.82, 2.24) is 0 Å². The van der Waals surface area contributed by atoms with E-state index in [0.717, 1.165) is 11.5 Å². The topological polar surface area (TPSA) is 13.1 Å². The van der Waals surface area contributed by atoms with Crippen molar-refractivity contribution in [2.24, 2.45) is 0 Å². The average molecular weight is 328 g/mol. The van der Waals surface area contributed by atoms with Crippen LogP contribution < -0.4 is 0 Å². The second-order valence-corrected chi connectivity index (χ2v) is 7.02. The van der Waals surface area contributed by atoms with Crippen LogP contribution in [0.4, 0.5) is 0 Å². The van der Waals surface area contributed by atoms with Gasteiger partial charge in [0.15, 0.2) is 0 Å². The van der Waals surface area contributed by atoms with Gasteiger partial charge in [-0.05, 0) is 59.2 Å². The lowest BCUT2D eigenvalue weighted by atomic mass is 9.91. The fourth-order valence-corrected chi connectivity index (χ4v) is 3.68. The number of aryl methyl sites for hydroxylation is 1. The SMILES string of the molecule is CCC(C)c1ccc(-c2cccc3c2C=CC3c2ccc(C)o2)cc1. The summed E-state index contributed by atoms with van der Waals surface area (Å²) in [6, 6.07) is 19.8. The van der Waals surface area contributed by atoms with Crippen LogP contribution in [0.2, 0.25) is 0 Å². The Bertz CT molecular complexity index is 912. The van der Waals surface area contributed by atoms with E-state index in [1.807, 2.05) is 13.0 Å². The lowest BCUT2D eigenvalue weighted by Gasteiger charge is -2.13. The van der Waals surface area contributed by atoms with Crippen molar-refractivity contribution >= 4 is 6.08 Å². The van der Waals surface area contributed by atoms with Crippen LogP contribution in [0.1, 0.15) is 60.3 Å². The molecule has 126 valence electrons. The molecule has 2 aromatic carbocycles. The molecular formula is C24H24O. The van der Waals surface area contributed by atoms with E-state index in [1.54, 1.807) is 0 Å². The van der Waals surface area contributed by atoms with Crippen LogP contribution in [0.5, 0.6) is 0 Å². The van der Waals surface area contributed by atoms with E-state index in [-0.39, 0.29) is 5.92 Å². The predicted octanol–water partition coefficient (Wildman–Crippen LogP) is 6.93. The minimum Gasteiger partial charge on any atom is -0.465 e. The van der Waals surface area contributed by atoms with E-state index in [9.17, 15) is 0 Å². The zero-order chi connectivity index (χ0) is 17.4. The Hall–Kier alpha value is -2.54. The fraction of sp³-hybridized carbons (Fsp3) is 0.250. The second kappa shape index (κ2) is 6.40. The molecule has 0 saturated carbocycles. The summed E-state index contributed by atoms with van der Waals surface area (Å²) in [5.41, 5.74) is 6.65. The molecule has 4 rings (SSSR count). The van der Waals surface area contributed by atoms with Crippen molar-refractivity contribution in [2.45, 2.75) is 39.0 Å². The third kappa shape index (κ3) is 2.84. The molecule has 0 radical (unpaired) electrons. The molecule has 0 spiro atoms. The minimum absolute atomic E-state index is 0.225. The van der Waals surface area contributed by atoms with E-state index < -0.39 is 0 Å². The molecule has 1 aliphatic rings. The summed E-state index contributed by atoms with van der Waals surface area (Å²) < 4.78 is 5.87. The Morgan fingerprint density at radius 2 is 1.80 bits per heavy atom. The standard InChI is InChI=1S/C24H24O/c1-4-16(2)18-9-11-19(12-10-18)20-6-5-7-21-22(20)13-14-23(21)24-15-8-17(3)25-24/h5-16,23H,4H2,1-3H3. The van der Waals surface area contributed by atoms with E-state index in [1.165, 1.54) is 34.2 Å². The Morgan fingerprint density at radius 1 is 1.00 bits per heavy atom. The Kier molecular flexibility index (Phi) is 4.09. The first-order chi connectivity index (χ1) is 12.2. The van der Waals surface area contributed by atoms with E-state index in [0.29, 0.717) is 5.92 Å². The molecular weight excluding hydrogens is 304 g/mol. The predicted molar refractivity (Wildman–Crippen MR) is 105 cm³/mol. The highest BCUT2D eigenvalue weighted by atomic mass is 16.3. The number of hydrogen-bond donors (Lipinski definition) is 0. The Morgan fingerprint density at radius 3 is 2.48 bits per heavy atom. The van der Waals surface area contributed by atoms with Gasteiger partial charge in [-0.2, -0.15) is 0 Å². The second-order valence-electron chi connectivity index (χ2n) is 7.02. The lowest BCUT2D eigenvalue weighted by molar-refractivity contribution is 0.482. The number of allylic oxidation sites excluding steroid dienone is 1. The molecule has 0 fully saturated rings. The zero-order valence-corrected chi connectivity index (χ0v) is 15.1. The van der Waals surface area contributed by atoms with Crippen molar-refractivity contribution in [1.29, 1.82) is 0 Å². The van der Waals surface area contributed by atoms with E-state index in [2.05, 4.69) is 74.5 Å². The fourth-order valence-electron chi connectivity index (χ4n) is 3.68. The molecule has 0 saturated heterocycles. The van der Waals surface area contributed by atoms with Crippen molar-refractivity contribution in [3.63, 3.8) is 0 Å². The molecule has 2 unspecified atom stereocenters. The number of rotatable bonds is 4. The monoisotopic (exact) mass is 328 g/mol. The quantitative estimate of drug-likeness (QED) is 0.506. The molecule has 0 aliphatic heterocycles. The summed E-state index contributed by atoms with van der Waals surface area (Å²) >= 11 is 0. The smallest absolute Gasteiger partial charge is 0.115 e. The first-order valence-corrected chi connectivity index (χ1v) is 9.15. The van der Waals surface area contributed by atoms with Gasteiger partial charge in [-0.1, -0.05) is 68.5 Å². The van der Waals surface area contributed by atoms with Gasteiger partial charge in [0.25, 0.3) is 0 Å².